The summed E-state index contributed by atoms with van der Waals surface area (Å²) in [6, 6.07) is 0. The van der Waals surface area contributed by atoms with Crippen LogP contribution in [0.25, 0.3) is 0 Å². The Bertz CT molecular complexity index is 175. The van der Waals surface area contributed by atoms with E-state index in [1.54, 1.807) is 0 Å². The number of aliphatic hydroxyl groups is 1. The van der Waals surface area contributed by atoms with Crippen LogP contribution in [0.1, 0.15) is 44.9 Å². The van der Waals surface area contributed by atoms with E-state index in [4.69, 9.17) is 5.73 Å². The summed E-state index contributed by atoms with van der Waals surface area (Å²) in [4.78, 5) is 0. The molecule has 0 heterocycles. The Morgan fingerprint density at radius 2 is 1.71 bits per heavy atom. The normalized spacial score (nSPS) is 39.4. The van der Waals surface area contributed by atoms with Gasteiger partial charge in [0.1, 0.15) is 0 Å². The topological polar surface area (TPSA) is 46.2 Å². The average Bonchev–Trinajstić information content (AvgIpc) is 2.19. The molecule has 0 radical (unpaired) electrons. The second kappa shape index (κ2) is 4.19. The molecular formula is C12H23NO. The summed E-state index contributed by atoms with van der Waals surface area (Å²) in [7, 11) is 0. The highest BCUT2D eigenvalue weighted by Gasteiger charge is 2.45. The van der Waals surface area contributed by atoms with E-state index < -0.39 is 0 Å². The summed E-state index contributed by atoms with van der Waals surface area (Å²) in [5, 5.41) is 9.27. The minimum atomic E-state index is 0.113. The largest absolute Gasteiger partial charge is 0.396 e. The van der Waals surface area contributed by atoms with Crippen molar-refractivity contribution >= 4 is 0 Å². The lowest BCUT2D eigenvalue weighted by Crippen LogP contribution is -2.48. The molecule has 0 aromatic rings. The maximum atomic E-state index is 9.27. The van der Waals surface area contributed by atoms with Gasteiger partial charge in [0.15, 0.2) is 0 Å². The molecule has 2 heteroatoms. The third kappa shape index (κ3) is 1.82. The van der Waals surface area contributed by atoms with Crippen LogP contribution < -0.4 is 5.73 Å². The standard InChI is InChI=1S/C12H23NO/c13-8-12(9-14)6-11(7-12)10-4-2-1-3-5-10/h10-11,14H,1-9,13H2. The molecule has 2 saturated carbocycles. The van der Waals surface area contributed by atoms with Crippen LogP contribution in [0.5, 0.6) is 0 Å². The molecule has 0 unspecified atom stereocenters. The third-order valence-electron chi connectivity index (χ3n) is 4.48. The van der Waals surface area contributed by atoms with Crippen molar-refractivity contribution in [2.75, 3.05) is 13.2 Å². The smallest absolute Gasteiger partial charge is 0.0499 e. The highest BCUT2D eigenvalue weighted by molar-refractivity contribution is 4.96. The summed E-state index contributed by atoms with van der Waals surface area (Å²) < 4.78 is 0. The van der Waals surface area contributed by atoms with Crippen LogP contribution >= 0.6 is 0 Å². The zero-order chi connectivity index (χ0) is 10.0. The molecule has 0 atom stereocenters. The molecule has 3 N–H and O–H groups in total. The Balaban J connectivity index is 1.80. The predicted molar refractivity (Wildman–Crippen MR) is 57.9 cm³/mol. The van der Waals surface area contributed by atoms with E-state index in [1.165, 1.54) is 44.9 Å². The molecule has 2 rings (SSSR count). The van der Waals surface area contributed by atoms with Crippen molar-refractivity contribution in [1.82, 2.24) is 0 Å². The molecule has 2 fully saturated rings. The molecule has 2 aliphatic rings. The first-order valence-corrected chi connectivity index (χ1v) is 6.11. The molecule has 0 aromatic heterocycles. The van der Waals surface area contributed by atoms with Gasteiger partial charge in [0.05, 0.1) is 0 Å². The lowest BCUT2D eigenvalue weighted by molar-refractivity contribution is -0.0308. The van der Waals surface area contributed by atoms with Crippen molar-refractivity contribution < 1.29 is 5.11 Å². The Kier molecular flexibility index (Phi) is 3.13. The van der Waals surface area contributed by atoms with Crippen LogP contribution in [0.3, 0.4) is 0 Å². The average molecular weight is 197 g/mol. The Morgan fingerprint density at radius 3 is 2.21 bits per heavy atom. The maximum Gasteiger partial charge on any atom is 0.0499 e. The fourth-order valence-corrected chi connectivity index (χ4v) is 3.35. The summed E-state index contributed by atoms with van der Waals surface area (Å²) in [5.74, 6) is 1.83. The van der Waals surface area contributed by atoms with E-state index in [-0.39, 0.29) is 5.41 Å². The summed E-state index contributed by atoms with van der Waals surface area (Å²) in [5.41, 5.74) is 5.82. The van der Waals surface area contributed by atoms with Gasteiger partial charge >= 0.3 is 0 Å². The maximum absolute atomic E-state index is 9.27. The molecule has 2 nitrogen and oxygen atoms in total. The van der Waals surface area contributed by atoms with Crippen molar-refractivity contribution in [2.45, 2.75) is 44.9 Å². The van der Waals surface area contributed by atoms with Gasteiger partial charge in [-0.1, -0.05) is 32.1 Å². The third-order valence-corrected chi connectivity index (χ3v) is 4.48. The van der Waals surface area contributed by atoms with E-state index in [1.807, 2.05) is 0 Å². The van der Waals surface area contributed by atoms with Gasteiger partial charge in [0.2, 0.25) is 0 Å². The number of hydrogen-bond acceptors (Lipinski definition) is 2. The molecule has 0 saturated heterocycles. The van der Waals surface area contributed by atoms with E-state index in [0.717, 1.165) is 11.8 Å². The van der Waals surface area contributed by atoms with Crippen LogP contribution in [0.4, 0.5) is 0 Å². The lowest BCUT2D eigenvalue weighted by Gasteiger charge is -2.50. The van der Waals surface area contributed by atoms with Crippen molar-refractivity contribution in [1.29, 1.82) is 0 Å². The molecule has 0 aliphatic heterocycles. The SMILES string of the molecule is NCC1(CO)CC(C2CCCCC2)C1. The molecule has 2 aliphatic carbocycles. The van der Waals surface area contributed by atoms with Gasteiger partial charge in [-0.2, -0.15) is 0 Å². The minimum absolute atomic E-state index is 0.113. The summed E-state index contributed by atoms with van der Waals surface area (Å²) >= 11 is 0. The van der Waals surface area contributed by atoms with Gasteiger partial charge < -0.3 is 10.8 Å². The first-order valence-electron chi connectivity index (χ1n) is 6.11. The highest BCUT2D eigenvalue weighted by atomic mass is 16.3. The fourth-order valence-electron chi connectivity index (χ4n) is 3.35. The second-order valence-corrected chi connectivity index (χ2v) is 5.43. The number of aliphatic hydroxyl groups excluding tert-OH is 1. The molecule has 82 valence electrons. The Morgan fingerprint density at radius 1 is 1.07 bits per heavy atom. The molecule has 0 aromatic carbocycles. The van der Waals surface area contributed by atoms with Crippen molar-refractivity contribution in [3.05, 3.63) is 0 Å². The van der Waals surface area contributed by atoms with Gasteiger partial charge in [-0.15, -0.1) is 0 Å². The van der Waals surface area contributed by atoms with E-state index >= 15 is 0 Å². The van der Waals surface area contributed by atoms with Crippen LogP contribution in [-0.2, 0) is 0 Å². The van der Waals surface area contributed by atoms with E-state index in [9.17, 15) is 5.11 Å². The second-order valence-electron chi connectivity index (χ2n) is 5.43. The monoisotopic (exact) mass is 197 g/mol. The van der Waals surface area contributed by atoms with Crippen LogP contribution in [0, 0.1) is 17.3 Å². The number of hydrogen-bond donors (Lipinski definition) is 2. The van der Waals surface area contributed by atoms with Gasteiger partial charge in [0, 0.05) is 18.6 Å². The van der Waals surface area contributed by atoms with Gasteiger partial charge in [-0.25, -0.2) is 0 Å². The first kappa shape index (κ1) is 10.4. The zero-order valence-corrected chi connectivity index (χ0v) is 9.04. The summed E-state index contributed by atoms with van der Waals surface area (Å²) in [6.45, 7) is 0.972. The quantitative estimate of drug-likeness (QED) is 0.726. The van der Waals surface area contributed by atoms with Crippen molar-refractivity contribution in [3.8, 4) is 0 Å². The molecule has 0 spiro atoms. The zero-order valence-electron chi connectivity index (χ0n) is 9.04. The van der Waals surface area contributed by atoms with Crippen molar-refractivity contribution in [3.63, 3.8) is 0 Å². The van der Waals surface area contributed by atoms with Crippen molar-refractivity contribution in [2.24, 2.45) is 23.0 Å². The van der Waals surface area contributed by atoms with E-state index in [0.29, 0.717) is 13.2 Å². The predicted octanol–water partition coefficient (Wildman–Crippen LogP) is 1.91. The van der Waals surface area contributed by atoms with Crippen LogP contribution in [-0.4, -0.2) is 18.3 Å². The van der Waals surface area contributed by atoms with Crippen LogP contribution in [0.2, 0.25) is 0 Å². The fraction of sp³-hybridized carbons (Fsp3) is 1.00. The van der Waals surface area contributed by atoms with Gasteiger partial charge in [-0.3, -0.25) is 0 Å². The number of nitrogens with two attached hydrogens (primary N) is 1. The molecule has 0 bridgehead atoms. The molecule has 0 amide bonds. The number of rotatable bonds is 3. The molecular weight excluding hydrogens is 174 g/mol. The van der Waals surface area contributed by atoms with Gasteiger partial charge in [0.25, 0.3) is 0 Å². The van der Waals surface area contributed by atoms with Crippen LogP contribution in [0.15, 0.2) is 0 Å². The highest BCUT2D eigenvalue weighted by Crippen LogP contribution is 2.51. The first-order chi connectivity index (χ1) is 6.79. The van der Waals surface area contributed by atoms with Gasteiger partial charge in [-0.05, 0) is 24.7 Å². The molecule has 14 heavy (non-hydrogen) atoms. The Hall–Kier alpha value is -0.0800. The Labute approximate surface area is 86.9 Å². The van der Waals surface area contributed by atoms with E-state index in [2.05, 4.69) is 0 Å². The summed E-state index contributed by atoms with van der Waals surface area (Å²) in [6.07, 6.45) is 9.51. The minimum Gasteiger partial charge on any atom is -0.396 e. The lowest BCUT2D eigenvalue weighted by atomic mass is 9.56.